The molecule has 1 aromatic heterocycles. The highest BCUT2D eigenvalue weighted by atomic mass is 32.1. The molecule has 0 bridgehead atoms. The minimum atomic E-state index is 0.625. The van der Waals surface area contributed by atoms with Gasteiger partial charge in [-0.15, -0.1) is 11.3 Å². The summed E-state index contributed by atoms with van der Waals surface area (Å²) in [6.07, 6.45) is 2.71. The zero-order valence-corrected chi connectivity index (χ0v) is 11.0. The Morgan fingerprint density at radius 2 is 2.38 bits per heavy atom. The van der Waals surface area contributed by atoms with Gasteiger partial charge in [-0.05, 0) is 32.2 Å². The van der Waals surface area contributed by atoms with E-state index >= 15 is 0 Å². The molecule has 2 rings (SSSR count). The lowest BCUT2D eigenvalue weighted by Gasteiger charge is -2.29. The normalized spacial score (nSPS) is 22.6. The first-order valence-electron chi connectivity index (χ1n) is 6.06. The van der Waals surface area contributed by atoms with Gasteiger partial charge in [0.2, 0.25) is 0 Å². The molecule has 0 aliphatic carbocycles. The number of thiazole rings is 1. The number of rotatable bonds is 3. The number of hydrogen-bond acceptors (Lipinski definition) is 4. The molecule has 2 N–H and O–H groups in total. The van der Waals surface area contributed by atoms with Crippen molar-refractivity contribution >= 4 is 11.3 Å². The molecule has 1 unspecified atom stereocenters. The average Bonchev–Trinajstić information content (AvgIpc) is 2.58. The van der Waals surface area contributed by atoms with Crippen molar-refractivity contribution in [2.45, 2.75) is 39.8 Å². The third-order valence-electron chi connectivity index (χ3n) is 3.22. The predicted molar refractivity (Wildman–Crippen MR) is 68.4 cm³/mol. The van der Waals surface area contributed by atoms with Crippen molar-refractivity contribution in [2.24, 2.45) is 11.7 Å². The van der Waals surface area contributed by atoms with E-state index in [4.69, 9.17) is 5.73 Å². The molecule has 1 saturated heterocycles. The van der Waals surface area contributed by atoms with Gasteiger partial charge in [-0.1, -0.05) is 6.92 Å². The van der Waals surface area contributed by atoms with Gasteiger partial charge in [0.1, 0.15) is 5.01 Å². The molecule has 3 nitrogen and oxygen atoms in total. The number of aromatic nitrogens is 1. The molecule has 1 atom stereocenters. The fourth-order valence-corrected chi connectivity index (χ4v) is 3.36. The summed E-state index contributed by atoms with van der Waals surface area (Å²) in [4.78, 5) is 8.35. The molecular formula is C12H21N3S. The van der Waals surface area contributed by atoms with Crippen LogP contribution in [0.15, 0.2) is 0 Å². The summed E-state index contributed by atoms with van der Waals surface area (Å²) in [6.45, 7) is 8.47. The Bertz CT molecular complexity index is 348. The van der Waals surface area contributed by atoms with E-state index in [-0.39, 0.29) is 0 Å². The topological polar surface area (TPSA) is 42.2 Å². The molecule has 1 fully saturated rings. The molecule has 1 aliphatic rings. The van der Waals surface area contributed by atoms with Crippen LogP contribution in [0.1, 0.15) is 35.3 Å². The van der Waals surface area contributed by atoms with Crippen LogP contribution in [0.5, 0.6) is 0 Å². The first kappa shape index (κ1) is 12.0. The summed E-state index contributed by atoms with van der Waals surface area (Å²) in [7, 11) is 0. The lowest BCUT2D eigenvalue weighted by atomic mass is 10.0. The maximum Gasteiger partial charge on any atom is 0.107 e. The molecular weight excluding hydrogens is 218 g/mol. The van der Waals surface area contributed by atoms with Gasteiger partial charge in [0, 0.05) is 18.0 Å². The molecule has 4 heteroatoms. The number of likely N-dealkylation sites (tertiary alicyclic amines) is 1. The summed E-state index contributed by atoms with van der Waals surface area (Å²) in [5.41, 5.74) is 6.79. The second-order valence-corrected chi connectivity index (χ2v) is 5.97. The Kier molecular flexibility index (Phi) is 3.95. The van der Waals surface area contributed by atoms with Crippen LogP contribution in [0.2, 0.25) is 0 Å². The van der Waals surface area contributed by atoms with Crippen molar-refractivity contribution in [3.05, 3.63) is 15.6 Å². The summed E-state index contributed by atoms with van der Waals surface area (Å²) in [5, 5.41) is 1.23. The lowest BCUT2D eigenvalue weighted by Crippen LogP contribution is -2.33. The standard InChI is InChI=1S/C12H21N3S/c1-9-4-3-5-15(7-9)8-12-14-10(2)11(6-13)16-12/h9H,3-8,13H2,1-2H3. The number of aryl methyl sites for hydroxylation is 1. The first-order chi connectivity index (χ1) is 7.69. The van der Waals surface area contributed by atoms with E-state index in [1.165, 1.54) is 35.8 Å². The summed E-state index contributed by atoms with van der Waals surface area (Å²) < 4.78 is 0. The molecule has 0 aromatic carbocycles. The summed E-state index contributed by atoms with van der Waals surface area (Å²) in [6, 6.07) is 0. The Balaban J connectivity index is 1.97. The summed E-state index contributed by atoms with van der Waals surface area (Å²) in [5.74, 6) is 0.837. The molecule has 2 heterocycles. The van der Waals surface area contributed by atoms with E-state index in [2.05, 4.69) is 23.7 Å². The van der Waals surface area contributed by atoms with Crippen molar-refractivity contribution in [3.63, 3.8) is 0 Å². The number of nitrogens with zero attached hydrogens (tertiary/aromatic N) is 2. The van der Waals surface area contributed by atoms with Crippen LogP contribution >= 0.6 is 11.3 Å². The lowest BCUT2D eigenvalue weighted by molar-refractivity contribution is 0.176. The van der Waals surface area contributed by atoms with E-state index in [0.29, 0.717) is 6.54 Å². The van der Waals surface area contributed by atoms with E-state index in [1.807, 2.05) is 0 Å². The highest BCUT2D eigenvalue weighted by Gasteiger charge is 2.17. The van der Waals surface area contributed by atoms with Crippen LogP contribution in [-0.2, 0) is 13.1 Å². The van der Waals surface area contributed by atoms with Crippen LogP contribution in [0.4, 0.5) is 0 Å². The van der Waals surface area contributed by atoms with E-state index in [0.717, 1.165) is 18.2 Å². The molecule has 0 amide bonds. The fraction of sp³-hybridized carbons (Fsp3) is 0.750. The number of hydrogen-bond donors (Lipinski definition) is 1. The monoisotopic (exact) mass is 239 g/mol. The summed E-state index contributed by atoms with van der Waals surface area (Å²) >= 11 is 1.78. The molecule has 1 aromatic rings. The Hall–Kier alpha value is -0.450. The highest BCUT2D eigenvalue weighted by Crippen LogP contribution is 2.22. The zero-order chi connectivity index (χ0) is 11.5. The smallest absolute Gasteiger partial charge is 0.107 e. The maximum absolute atomic E-state index is 5.68. The third kappa shape index (κ3) is 2.81. The van der Waals surface area contributed by atoms with Crippen molar-refractivity contribution in [3.8, 4) is 0 Å². The van der Waals surface area contributed by atoms with Gasteiger partial charge >= 0.3 is 0 Å². The molecule has 16 heavy (non-hydrogen) atoms. The van der Waals surface area contributed by atoms with Crippen molar-refractivity contribution in [1.82, 2.24) is 9.88 Å². The van der Waals surface area contributed by atoms with Gasteiger partial charge in [0.05, 0.1) is 12.2 Å². The van der Waals surface area contributed by atoms with Gasteiger partial charge in [-0.3, -0.25) is 4.90 Å². The average molecular weight is 239 g/mol. The minimum absolute atomic E-state index is 0.625. The largest absolute Gasteiger partial charge is 0.326 e. The van der Waals surface area contributed by atoms with Gasteiger partial charge in [0.25, 0.3) is 0 Å². The Morgan fingerprint density at radius 3 is 3.00 bits per heavy atom. The van der Waals surface area contributed by atoms with E-state index < -0.39 is 0 Å². The second-order valence-electron chi connectivity index (χ2n) is 4.80. The van der Waals surface area contributed by atoms with Crippen LogP contribution in [-0.4, -0.2) is 23.0 Å². The molecule has 0 spiro atoms. The zero-order valence-electron chi connectivity index (χ0n) is 10.2. The fourth-order valence-electron chi connectivity index (χ4n) is 2.37. The number of nitrogens with two attached hydrogens (primary N) is 1. The van der Waals surface area contributed by atoms with Crippen molar-refractivity contribution < 1.29 is 0 Å². The van der Waals surface area contributed by atoms with Gasteiger partial charge in [-0.2, -0.15) is 0 Å². The SMILES string of the molecule is Cc1nc(CN2CCCC(C)C2)sc1CN. The predicted octanol–water partition coefficient (Wildman–Crippen LogP) is 2.14. The molecule has 90 valence electrons. The Morgan fingerprint density at radius 1 is 1.56 bits per heavy atom. The van der Waals surface area contributed by atoms with Crippen LogP contribution in [0, 0.1) is 12.8 Å². The van der Waals surface area contributed by atoms with Gasteiger partial charge in [0.15, 0.2) is 0 Å². The molecule has 0 saturated carbocycles. The molecule has 1 aliphatic heterocycles. The van der Waals surface area contributed by atoms with Gasteiger partial charge < -0.3 is 5.73 Å². The Labute approximate surface area is 102 Å². The number of piperidine rings is 1. The minimum Gasteiger partial charge on any atom is -0.326 e. The quantitative estimate of drug-likeness (QED) is 0.878. The second kappa shape index (κ2) is 5.25. The van der Waals surface area contributed by atoms with Crippen LogP contribution < -0.4 is 5.73 Å². The van der Waals surface area contributed by atoms with Crippen LogP contribution in [0.3, 0.4) is 0 Å². The van der Waals surface area contributed by atoms with Crippen LogP contribution in [0.25, 0.3) is 0 Å². The van der Waals surface area contributed by atoms with E-state index in [1.54, 1.807) is 11.3 Å². The third-order valence-corrected chi connectivity index (χ3v) is 4.39. The van der Waals surface area contributed by atoms with E-state index in [9.17, 15) is 0 Å². The van der Waals surface area contributed by atoms with Crippen molar-refractivity contribution in [2.75, 3.05) is 13.1 Å². The van der Waals surface area contributed by atoms with Gasteiger partial charge in [-0.25, -0.2) is 4.98 Å². The molecule has 0 radical (unpaired) electrons. The first-order valence-corrected chi connectivity index (χ1v) is 6.88. The van der Waals surface area contributed by atoms with Crippen molar-refractivity contribution in [1.29, 1.82) is 0 Å². The maximum atomic E-state index is 5.68. The highest BCUT2D eigenvalue weighted by molar-refractivity contribution is 7.11.